The Morgan fingerprint density at radius 1 is 1.16 bits per heavy atom. The Morgan fingerprint density at radius 2 is 1.96 bits per heavy atom. The van der Waals surface area contributed by atoms with E-state index in [0.29, 0.717) is 5.22 Å². The quantitative estimate of drug-likeness (QED) is 0.713. The van der Waals surface area contributed by atoms with E-state index >= 15 is 0 Å². The number of ether oxygens (including phenoxy) is 2. The van der Waals surface area contributed by atoms with E-state index in [9.17, 15) is 0 Å². The van der Waals surface area contributed by atoms with Crippen LogP contribution in [0.3, 0.4) is 0 Å². The third-order valence-electron chi connectivity index (χ3n) is 4.16. The summed E-state index contributed by atoms with van der Waals surface area (Å²) in [5, 5.41) is 6.11. The number of hydrogen-bond donors (Lipinski definition) is 1. The molecular formula is C19H18N2O3S. The van der Waals surface area contributed by atoms with E-state index in [0.717, 1.165) is 46.8 Å². The van der Waals surface area contributed by atoms with E-state index in [1.165, 1.54) is 17.3 Å². The highest BCUT2D eigenvalue weighted by molar-refractivity contribution is 8.02. The van der Waals surface area contributed by atoms with Crippen molar-refractivity contribution in [1.29, 1.82) is 0 Å². The summed E-state index contributed by atoms with van der Waals surface area (Å²) in [6.45, 7) is 0.877. The fourth-order valence-electron chi connectivity index (χ4n) is 2.92. The molecule has 0 spiro atoms. The second kappa shape index (κ2) is 6.72. The zero-order valence-electron chi connectivity index (χ0n) is 14.0. The summed E-state index contributed by atoms with van der Waals surface area (Å²) in [6, 6.07) is 11.8. The zero-order chi connectivity index (χ0) is 17.2. The Kier molecular flexibility index (Phi) is 4.28. The van der Waals surface area contributed by atoms with Crippen molar-refractivity contribution < 1.29 is 13.9 Å². The highest BCUT2D eigenvalue weighted by Gasteiger charge is 2.18. The molecule has 0 fully saturated rings. The van der Waals surface area contributed by atoms with Crippen LogP contribution in [0.2, 0.25) is 0 Å². The Morgan fingerprint density at radius 3 is 2.76 bits per heavy atom. The number of benzene rings is 2. The minimum absolute atomic E-state index is 0.628. The lowest BCUT2D eigenvalue weighted by Gasteiger charge is -2.22. The molecule has 1 N–H and O–H groups in total. The number of aromatic nitrogens is 1. The molecule has 0 aliphatic carbocycles. The van der Waals surface area contributed by atoms with Gasteiger partial charge in [-0.25, -0.2) is 4.98 Å². The van der Waals surface area contributed by atoms with Gasteiger partial charge in [0, 0.05) is 23.2 Å². The lowest BCUT2D eigenvalue weighted by Crippen LogP contribution is -2.22. The molecule has 4 rings (SSSR count). The molecule has 2 heterocycles. The van der Waals surface area contributed by atoms with Crippen molar-refractivity contribution in [1.82, 2.24) is 10.3 Å². The van der Waals surface area contributed by atoms with E-state index < -0.39 is 0 Å². The average Bonchev–Trinajstić information content (AvgIpc) is 3.08. The van der Waals surface area contributed by atoms with Gasteiger partial charge in [-0.3, -0.25) is 0 Å². The molecule has 25 heavy (non-hydrogen) atoms. The molecule has 0 saturated heterocycles. The van der Waals surface area contributed by atoms with Gasteiger partial charge in [0.15, 0.2) is 17.1 Å². The normalized spacial score (nSPS) is 15.0. The van der Waals surface area contributed by atoms with Crippen LogP contribution in [0.1, 0.15) is 11.1 Å². The Balaban J connectivity index is 1.66. The maximum atomic E-state index is 5.76. The zero-order valence-corrected chi connectivity index (χ0v) is 14.9. The van der Waals surface area contributed by atoms with E-state index in [1.54, 1.807) is 14.2 Å². The van der Waals surface area contributed by atoms with Gasteiger partial charge < -0.3 is 19.2 Å². The minimum Gasteiger partial charge on any atom is -0.493 e. The van der Waals surface area contributed by atoms with Crippen molar-refractivity contribution in [2.45, 2.75) is 11.6 Å². The number of nitrogens with one attached hydrogen (secondary N) is 1. The molecule has 6 heteroatoms. The van der Waals surface area contributed by atoms with Crippen molar-refractivity contribution in [3.63, 3.8) is 0 Å². The molecule has 128 valence electrons. The fraction of sp³-hybridized carbons (Fsp3) is 0.211. The summed E-state index contributed by atoms with van der Waals surface area (Å²) in [5.74, 6) is 1.48. The molecule has 0 radical (unpaired) electrons. The number of para-hydroxylation sites is 2. The monoisotopic (exact) mass is 354 g/mol. The number of rotatable bonds is 4. The molecule has 0 bridgehead atoms. The van der Waals surface area contributed by atoms with Crippen LogP contribution in [0.4, 0.5) is 0 Å². The van der Waals surface area contributed by atoms with Gasteiger partial charge >= 0.3 is 0 Å². The molecule has 3 aromatic rings. The summed E-state index contributed by atoms with van der Waals surface area (Å²) < 4.78 is 16.6. The Labute approximate surface area is 150 Å². The van der Waals surface area contributed by atoms with Gasteiger partial charge in [-0.1, -0.05) is 12.1 Å². The highest BCUT2D eigenvalue weighted by Crippen LogP contribution is 2.36. The smallest absolute Gasteiger partial charge is 0.261 e. The van der Waals surface area contributed by atoms with Gasteiger partial charge in [0.2, 0.25) is 0 Å². The van der Waals surface area contributed by atoms with Crippen LogP contribution < -0.4 is 14.8 Å². The van der Waals surface area contributed by atoms with Crippen molar-refractivity contribution in [3.05, 3.63) is 52.9 Å². The third-order valence-corrected chi connectivity index (χ3v) is 4.89. The number of hydrogen-bond acceptors (Lipinski definition) is 6. The van der Waals surface area contributed by atoms with E-state index in [-0.39, 0.29) is 0 Å². The molecular weight excluding hydrogens is 336 g/mol. The maximum absolute atomic E-state index is 5.76. The Bertz CT molecular complexity index is 916. The largest absolute Gasteiger partial charge is 0.493 e. The molecule has 1 aliphatic heterocycles. The molecule has 2 aromatic carbocycles. The molecule has 0 unspecified atom stereocenters. The second-order valence-corrected chi connectivity index (χ2v) is 6.46. The van der Waals surface area contributed by atoms with Crippen LogP contribution in [0, 0.1) is 0 Å². The first-order chi connectivity index (χ1) is 12.3. The average molecular weight is 354 g/mol. The molecule has 5 nitrogen and oxygen atoms in total. The van der Waals surface area contributed by atoms with Crippen LogP contribution in [-0.2, 0) is 6.42 Å². The van der Waals surface area contributed by atoms with Gasteiger partial charge in [0.25, 0.3) is 5.22 Å². The van der Waals surface area contributed by atoms with Crippen LogP contribution in [0.25, 0.3) is 16.8 Å². The van der Waals surface area contributed by atoms with Gasteiger partial charge in [-0.2, -0.15) is 0 Å². The van der Waals surface area contributed by atoms with Crippen LogP contribution in [0.5, 0.6) is 11.5 Å². The van der Waals surface area contributed by atoms with Gasteiger partial charge in [0.05, 0.1) is 14.2 Å². The van der Waals surface area contributed by atoms with Crippen LogP contribution in [-0.4, -0.2) is 25.7 Å². The molecule has 1 aromatic heterocycles. The highest BCUT2D eigenvalue weighted by atomic mass is 32.2. The first kappa shape index (κ1) is 15.9. The van der Waals surface area contributed by atoms with Gasteiger partial charge in [-0.05, 0) is 48.0 Å². The Hall–Kier alpha value is -2.60. The van der Waals surface area contributed by atoms with Crippen LogP contribution >= 0.6 is 11.8 Å². The summed E-state index contributed by atoms with van der Waals surface area (Å²) >= 11 is 1.47. The lowest BCUT2D eigenvalue weighted by atomic mass is 9.98. The van der Waals surface area contributed by atoms with Gasteiger partial charge in [0.1, 0.15) is 5.52 Å². The molecule has 0 atom stereocenters. The van der Waals surface area contributed by atoms with Gasteiger partial charge in [-0.15, -0.1) is 0 Å². The molecule has 1 aliphatic rings. The minimum atomic E-state index is 0.628. The fourth-order valence-corrected chi connectivity index (χ4v) is 3.64. The van der Waals surface area contributed by atoms with E-state index in [4.69, 9.17) is 13.9 Å². The first-order valence-corrected chi connectivity index (χ1v) is 8.88. The van der Waals surface area contributed by atoms with Crippen LogP contribution in [0.15, 0.2) is 51.4 Å². The lowest BCUT2D eigenvalue weighted by molar-refractivity contribution is 0.354. The third kappa shape index (κ3) is 3.05. The van der Waals surface area contributed by atoms with Crippen molar-refractivity contribution in [2.75, 3.05) is 20.8 Å². The summed E-state index contributed by atoms with van der Waals surface area (Å²) in [7, 11) is 3.31. The first-order valence-electron chi connectivity index (χ1n) is 8.00. The summed E-state index contributed by atoms with van der Waals surface area (Å²) in [6.07, 6.45) is 0.945. The van der Waals surface area contributed by atoms with Crippen molar-refractivity contribution in [3.8, 4) is 11.5 Å². The summed E-state index contributed by atoms with van der Waals surface area (Å²) in [5.41, 5.74) is 5.06. The summed E-state index contributed by atoms with van der Waals surface area (Å²) in [4.78, 5) is 4.49. The van der Waals surface area contributed by atoms with Crippen molar-refractivity contribution >= 4 is 28.6 Å². The number of methoxy groups -OCH3 is 2. The predicted octanol–water partition coefficient (Wildman–Crippen LogP) is 4.08. The maximum Gasteiger partial charge on any atom is 0.261 e. The molecule has 0 amide bonds. The SMILES string of the molecule is COc1cc2c(cc1OC)/C(=C/Sc1nc3ccccc3o1)NCC2. The number of fused-ring (bicyclic) bond motifs is 2. The standard InChI is InChI=1S/C19H18N2O3S/c1-22-17-9-12-7-8-20-15(13(12)10-18(17)23-2)11-25-19-21-14-5-3-4-6-16(14)24-19/h3-6,9-11,20H,7-8H2,1-2H3/b15-11-. The number of nitrogens with zero attached hydrogens (tertiary/aromatic N) is 1. The van der Waals surface area contributed by atoms with E-state index in [1.807, 2.05) is 41.8 Å². The van der Waals surface area contributed by atoms with Crippen molar-refractivity contribution in [2.24, 2.45) is 0 Å². The number of oxazole rings is 1. The second-order valence-electron chi connectivity index (χ2n) is 5.64. The topological polar surface area (TPSA) is 56.5 Å². The van der Waals surface area contributed by atoms with E-state index in [2.05, 4.69) is 10.3 Å². The predicted molar refractivity (Wildman–Crippen MR) is 99.1 cm³/mol. The molecule has 0 saturated carbocycles. The number of thioether (sulfide) groups is 1.